The number of hydrogen-bond donors (Lipinski definition) is 1. The maximum Gasteiger partial charge on any atom is 0.225 e. The first-order valence-corrected chi connectivity index (χ1v) is 9.25. The summed E-state index contributed by atoms with van der Waals surface area (Å²) in [4.78, 5) is 13.0. The van der Waals surface area contributed by atoms with Crippen molar-refractivity contribution in [2.24, 2.45) is 0 Å². The van der Waals surface area contributed by atoms with E-state index in [-0.39, 0.29) is 5.91 Å². The van der Waals surface area contributed by atoms with Gasteiger partial charge < -0.3 is 14.8 Å². The third-order valence-electron chi connectivity index (χ3n) is 4.23. The summed E-state index contributed by atoms with van der Waals surface area (Å²) in [6.45, 7) is 0.490. The second-order valence-corrected chi connectivity index (χ2v) is 7.07. The summed E-state index contributed by atoms with van der Waals surface area (Å²) >= 11 is 1.60. The molecule has 1 saturated carbocycles. The largest absolute Gasteiger partial charge is 0.493 e. The monoisotopic (exact) mass is 345 g/mol. The van der Waals surface area contributed by atoms with Gasteiger partial charge >= 0.3 is 0 Å². The van der Waals surface area contributed by atoms with E-state index < -0.39 is 0 Å². The Labute approximate surface area is 146 Å². The summed E-state index contributed by atoms with van der Waals surface area (Å²) in [7, 11) is 1.65. The van der Waals surface area contributed by atoms with Crippen LogP contribution in [0.4, 0.5) is 0 Å². The average molecular weight is 345 g/mol. The Morgan fingerprint density at radius 3 is 2.79 bits per heavy atom. The van der Waals surface area contributed by atoms with Crippen molar-refractivity contribution in [1.29, 1.82) is 0 Å². The summed E-state index contributed by atoms with van der Waals surface area (Å²) in [6.07, 6.45) is 5.43. The van der Waals surface area contributed by atoms with Crippen LogP contribution in [-0.4, -0.2) is 19.1 Å². The molecule has 0 saturated heterocycles. The van der Waals surface area contributed by atoms with Crippen LogP contribution in [0.5, 0.6) is 11.5 Å². The van der Waals surface area contributed by atoms with Gasteiger partial charge in [0.2, 0.25) is 5.91 Å². The van der Waals surface area contributed by atoms with Crippen LogP contribution in [0.15, 0.2) is 35.7 Å². The molecular formula is C19H23NO3S. The van der Waals surface area contributed by atoms with E-state index in [0.717, 1.165) is 34.8 Å². The molecule has 1 heterocycles. The van der Waals surface area contributed by atoms with Crippen molar-refractivity contribution < 1.29 is 14.3 Å². The van der Waals surface area contributed by atoms with Crippen molar-refractivity contribution in [2.45, 2.75) is 44.8 Å². The number of hydrogen-bond acceptors (Lipinski definition) is 4. The van der Waals surface area contributed by atoms with E-state index >= 15 is 0 Å². The van der Waals surface area contributed by atoms with Gasteiger partial charge in [-0.05, 0) is 54.8 Å². The molecule has 4 nitrogen and oxygen atoms in total. The maximum absolute atomic E-state index is 12.0. The van der Waals surface area contributed by atoms with E-state index in [0.29, 0.717) is 19.1 Å². The molecule has 1 amide bonds. The molecule has 3 rings (SSSR count). The highest BCUT2D eigenvalue weighted by atomic mass is 32.1. The Balaban J connectivity index is 1.56. The Hall–Kier alpha value is -2.01. The SMILES string of the molecule is COc1cc(CNC(=O)Cc2cccs2)ccc1OC1CCCC1. The third-order valence-corrected chi connectivity index (χ3v) is 5.10. The van der Waals surface area contributed by atoms with E-state index in [4.69, 9.17) is 9.47 Å². The normalized spacial score (nSPS) is 14.5. The molecule has 24 heavy (non-hydrogen) atoms. The first-order valence-electron chi connectivity index (χ1n) is 8.37. The van der Waals surface area contributed by atoms with E-state index in [2.05, 4.69) is 5.32 Å². The van der Waals surface area contributed by atoms with E-state index in [9.17, 15) is 4.79 Å². The molecule has 1 aromatic carbocycles. The summed E-state index contributed by atoms with van der Waals surface area (Å²) in [6, 6.07) is 9.80. The molecule has 5 heteroatoms. The molecule has 0 atom stereocenters. The highest BCUT2D eigenvalue weighted by molar-refractivity contribution is 7.10. The fourth-order valence-corrected chi connectivity index (χ4v) is 3.64. The van der Waals surface area contributed by atoms with Gasteiger partial charge in [0.05, 0.1) is 19.6 Å². The van der Waals surface area contributed by atoms with Gasteiger partial charge in [-0.1, -0.05) is 12.1 Å². The Kier molecular flexibility index (Phi) is 5.75. The highest BCUT2D eigenvalue weighted by Gasteiger charge is 2.18. The lowest BCUT2D eigenvalue weighted by molar-refractivity contribution is -0.120. The molecule has 1 fully saturated rings. The predicted molar refractivity (Wildman–Crippen MR) is 95.7 cm³/mol. The van der Waals surface area contributed by atoms with Gasteiger partial charge in [-0.15, -0.1) is 11.3 Å². The van der Waals surface area contributed by atoms with Crippen LogP contribution in [0.1, 0.15) is 36.1 Å². The molecule has 0 unspecified atom stereocenters. The topological polar surface area (TPSA) is 47.6 Å². The van der Waals surface area contributed by atoms with Crippen LogP contribution in [0.3, 0.4) is 0 Å². The van der Waals surface area contributed by atoms with Crippen molar-refractivity contribution in [2.75, 3.05) is 7.11 Å². The van der Waals surface area contributed by atoms with Crippen LogP contribution in [0, 0.1) is 0 Å². The molecule has 0 radical (unpaired) electrons. The first kappa shape index (κ1) is 16.8. The molecule has 2 aromatic rings. The summed E-state index contributed by atoms with van der Waals surface area (Å²) in [5, 5.41) is 4.94. The number of carbonyl (C=O) groups excluding carboxylic acids is 1. The number of rotatable bonds is 7. The molecule has 1 aromatic heterocycles. The lowest BCUT2D eigenvalue weighted by Gasteiger charge is -2.16. The maximum atomic E-state index is 12.0. The minimum atomic E-state index is 0.0303. The van der Waals surface area contributed by atoms with Crippen LogP contribution in [0.2, 0.25) is 0 Å². The third kappa shape index (κ3) is 4.51. The van der Waals surface area contributed by atoms with Crippen molar-refractivity contribution >= 4 is 17.2 Å². The Morgan fingerprint density at radius 2 is 2.08 bits per heavy atom. The van der Waals surface area contributed by atoms with Crippen LogP contribution in [0.25, 0.3) is 0 Å². The van der Waals surface area contributed by atoms with Crippen molar-refractivity contribution in [3.63, 3.8) is 0 Å². The fraction of sp³-hybridized carbons (Fsp3) is 0.421. The standard InChI is InChI=1S/C19H23NO3S/c1-22-18-11-14(8-9-17(18)23-15-5-2-3-6-15)13-20-19(21)12-16-7-4-10-24-16/h4,7-11,15H,2-3,5-6,12-13H2,1H3,(H,20,21). The van der Waals surface area contributed by atoms with E-state index in [1.807, 2.05) is 35.7 Å². The second-order valence-electron chi connectivity index (χ2n) is 6.04. The molecule has 1 N–H and O–H groups in total. The van der Waals surface area contributed by atoms with Crippen LogP contribution < -0.4 is 14.8 Å². The summed E-state index contributed by atoms with van der Waals surface area (Å²) < 4.78 is 11.5. The quantitative estimate of drug-likeness (QED) is 0.827. The predicted octanol–water partition coefficient (Wildman–Crippen LogP) is 3.94. The van der Waals surface area contributed by atoms with Crippen LogP contribution in [-0.2, 0) is 17.8 Å². The molecule has 0 spiro atoms. The lowest BCUT2D eigenvalue weighted by Crippen LogP contribution is -2.24. The zero-order chi connectivity index (χ0) is 16.8. The van der Waals surface area contributed by atoms with Gasteiger partial charge in [0, 0.05) is 11.4 Å². The van der Waals surface area contributed by atoms with E-state index in [1.165, 1.54) is 12.8 Å². The minimum Gasteiger partial charge on any atom is -0.493 e. The number of nitrogens with one attached hydrogen (secondary N) is 1. The Morgan fingerprint density at radius 1 is 1.25 bits per heavy atom. The smallest absolute Gasteiger partial charge is 0.225 e. The number of carbonyl (C=O) groups is 1. The van der Waals surface area contributed by atoms with Gasteiger partial charge in [0.15, 0.2) is 11.5 Å². The number of methoxy groups -OCH3 is 1. The highest BCUT2D eigenvalue weighted by Crippen LogP contribution is 2.32. The average Bonchev–Trinajstić information content (AvgIpc) is 3.28. The molecule has 1 aliphatic rings. The second kappa shape index (κ2) is 8.20. The molecule has 128 valence electrons. The number of benzene rings is 1. The van der Waals surface area contributed by atoms with Gasteiger partial charge in [0.25, 0.3) is 0 Å². The number of ether oxygens (including phenoxy) is 2. The number of thiophene rings is 1. The van der Waals surface area contributed by atoms with Gasteiger partial charge in [-0.2, -0.15) is 0 Å². The van der Waals surface area contributed by atoms with Gasteiger partial charge in [-0.3, -0.25) is 4.79 Å². The van der Waals surface area contributed by atoms with Crippen LogP contribution >= 0.6 is 11.3 Å². The summed E-state index contributed by atoms with van der Waals surface area (Å²) in [5.41, 5.74) is 1.00. The summed E-state index contributed by atoms with van der Waals surface area (Å²) in [5.74, 6) is 1.55. The fourth-order valence-electron chi connectivity index (χ4n) is 2.94. The Bertz CT molecular complexity index is 663. The van der Waals surface area contributed by atoms with Crippen molar-refractivity contribution in [3.05, 3.63) is 46.2 Å². The first-order chi connectivity index (χ1) is 11.7. The molecule has 0 bridgehead atoms. The van der Waals surface area contributed by atoms with Gasteiger partial charge in [-0.25, -0.2) is 0 Å². The van der Waals surface area contributed by atoms with E-state index in [1.54, 1.807) is 18.4 Å². The van der Waals surface area contributed by atoms with Crippen molar-refractivity contribution in [1.82, 2.24) is 5.32 Å². The van der Waals surface area contributed by atoms with Crippen molar-refractivity contribution in [3.8, 4) is 11.5 Å². The molecular weight excluding hydrogens is 322 g/mol. The molecule has 1 aliphatic carbocycles. The molecule has 0 aliphatic heterocycles. The van der Waals surface area contributed by atoms with Gasteiger partial charge in [0.1, 0.15) is 0 Å². The zero-order valence-electron chi connectivity index (χ0n) is 13.9. The minimum absolute atomic E-state index is 0.0303. The zero-order valence-corrected chi connectivity index (χ0v) is 14.7. The number of amides is 1. The lowest BCUT2D eigenvalue weighted by atomic mass is 10.2.